The number of hydrogen-bond acceptors (Lipinski definition) is 5. The van der Waals surface area contributed by atoms with Crippen LogP contribution in [-0.2, 0) is 17.9 Å². The summed E-state index contributed by atoms with van der Waals surface area (Å²) in [6.45, 7) is 5.00. The summed E-state index contributed by atoms with van der Waals surface area (Å²) in [6.07, 6.45) is 8.52. The van der Waals surface area contributed by atoms with Gasteiger partial charge >= 0.3 is 0 Å². The number of nitrogens with zero attached hydrogens (tertiary/aromatic N) is 5. The number of carbonyl (C=O) groups is 1. The maximum Gasteiger partial charge on any atom is 0.222 e. The van der Waals surface area contributed by atoms with Crippen LogP contribution in [0.25, 0.3) is 0 Å². The Balaban J connectivity index is 1.36. The van der Waals surface area contributed by atoms with Gasteiger partial charge in [0.2, 0.25) is 5.91 Å². The number of rotatable bonds is 6. The zero-order valence-corrected chi connectivity index (χ0v) is 12.6. The van der Waals surface area contributed by atoms with E-state index in [1.807, 2.05) is 21.7 Å². The zero-order chi connectivity index (χ0) is 15.2. The highest BCUT2D eigenvalue weighted by atomic mass is 16.5. The third-order valence-electron chi connectivity index (χ3n) is 3.97. The molecule has 3 heterocycles. The Kier molecular flexibility index (Phi) is 4.85. The lowest BCUT2D eigenvalue weighted by Crippen LogP contribution is -2.48. The van der Waals surface area contributed by atoms with Gasteiger partial charge in [0.15, 0.2) is 0 Å². The Morgan fingerprint density at radius 2 is 2.14 bits per heavy atom. The summed E-state index contributed by atoms with van der Waals surface area (Å²) >= 11 is 0. The fourth-order valence-electron chi connectivity index (χ4n) is 2.69. The molecule has 1 saturated heterocycles. The molecule has 1 fully saturated rings. The molecule has 22 heavy (non-hydrogen) atoms. The first-order valence-electron chi connectivity index (χ1n) is 7.66. The largest absolute Gasteiger partial charge is 0.364 e. The van der Waals surface area contributed by atoms with Crippen LogP contribution in [0, 0.1) is 0 Å². The van der Waals surface area contributed by atoms with Crippen molar-refractivity contribution in [1.82, 2.24) is 24.5 Å². The highest BCUT2D eigenvalue weighted by Crippen LogP contribution is 2.09. The van der Waals surface area contributed by atoms with Gasteiger partial charge in [0, 0.05) is 64.1 Å². The van der Waals surface area contributed by atoms with Crippen LogP contribution < -0.4 is 0 Å². The standard InChI is InChI=1S/C15H21N5O2/c21-15(2-1-5-19-6-4-16-13-19)20-9-7-18(8-10-20)12-14-3-11-22-17-14/h3-4,6,11,13H,1-2,5,7-10,12H2. The highest BCUT2D eigenvalue weighted by Gasteiger charge is 2.21. The van der Waals surface area contributed by atoms with Crippen LogP contribution in [0.3, 0.4) is 0 Å². The number of aryl methyl sites for hydroxylation is 1. The molecule has 0 bridgehead atoms. The molecule has 0 aliphatic carbocycles. The first-order chi connectivity index (χ1) is 10.8. The Bertz CT molecular complexity index is 559. The van der Waals surface area contributed by atoms with Crippen LogP contribution in [0.1, 0.15) is 18.5 Å². The van der Waals surface area contributed by atoms with Crippen LogP contribution in [0.2, 0.25) is 0 Å². The summed E-state index contributed by atoms with van der Waals surface area (Å²) < 4.78 is 6.85. The number of piperazine rings is 1. The fourth-order valence-corrected chi connectivity index (χ4v) is 2.69. The van der Waals surface area contributed by atoms with Crippen molar-refractivity contribution in [2.24, 2.45) is 0 Å². The molecule has 0 spiro atoms. The second kappa shape index (κ2) is 7.22. The van der Waals surface area contributed by atoms with Crippen molar-refractivity contribution >= 4 is 5.91 Å². The highest BCUT2D eigenvalue weighted by molar-refractivity contribution is 5.76. The Morgan fingerprint density at radius 1 is 1.27 bits per heavy atom. The van der Waals surface area contributed by atoms with E-state index in [0.29, 0.717) is 6.42 Å². The Hall–Kier alpha value is -2.15. The Labute approximate surface area is 129 Å². The van der Waals surface area contributed by atoms with Gasteiger partial charge in [0.1, 0.15) is 6.26 Å². The van der Waals surface area contributed by atoms with Gasteiger partial charge in [-0.1, -0.05) is 5.16 Å². The molecule has 7 heteroatoms. The molecule has 0 saturated carbocycles. The third kappa shape index (κ3) is 3.94. The first kappa shape index (κ1) is 14.8. The number of imidazole rings is 1. The molecule has 0 N–H and O–H groups in total. The van der Waals surface area contributed by atoms with Gasteiger partial charge in [0.05, 0.1) is 12.0 Å². The quantitative estimate of drug-likeness (QED) is 0.796. The average molecular weight is 303 g/mol. The van der Waals surface area contributed by atoms with Crippen LogP contribution in [-0.4, -0.2) is 56.6 Å². The summed E-state index contributed by atoms with van der Waals surface area (Å²) in [5.41, 5.74) is 0.945. The topological polar surface area (TPSA) is 67.4 Å². The molecule has 7 nitrogen and oxygen atoms in total. The van der Waals surface area contributed by atoms with Crippen molar-refractivity contribution in [3.63, 3.8) is 0 Å². The van der Waals surface area contributed by atoms with Gasteiger partial charge in [-0.05, 0) is 6.42 Å². The van der Waals surface area contributed by atoms with E-state index in [1.54, 1.807) is 18.8 Å². The number of aromatic nitrogens is 3. The lowest BCUT2D eigenvalue weighted by atomic mass is 10.2. The van der Waals surface area contributed by atoms with Crippen molar-refractivity contribution in [3.8, 4) is 0 Å². The van der Waals surface area contributed by atoms with Crippen LogP contribution in [0.5, 0.6) is 0 Å². The van der Waals surface area contributed by atoms with Crippen LogP contribution in [0.4, 0.5) is 0 Å². The Morgan fingerprint density at radius 3 is 2.82 bits per heavy atom. The molecule has 0 radical (unpaired) electrons. The molecule has 0 unspecified atom stereocenters. The van der Waals surface area contributed by atoms with E-state index in [0.717, 1.165) is 51.4 Å². The summed E-state index contributed by atoms with van der Waals surface area (Å²) in [5.74, 6) is 0.251. The van der Waals surface area contributed by atoms with E-state index in [4.69, 9.17) is 4.52 Å². The van der Waals surface area contributed by atoms with Gasteiger partial charge in [-0.15, -0.1) is 0 Å². The number of carbonyl (C=O) groups excluding carboxylic acids is 1. The molecular formula is C15H21N5O2. The van der Waals surface area contributed by atoms with Crippen molar-refractivity contribution < 1.29 is 9.32 Å². The monoisotopic (exact) mass is 303 g/mol. The third-order valence-corrected chi connectivity index (χ3v) is 3.97. The number of hydrogen-bond donors (Lipinski definition) is 0. The van der Waals surface area contributed by atoms with Crippen LogP contribution >= 0.6 is 0 Å². The molecular weight excluding hydrogens is 282 g/mol. The minimum atomic E-state index is 0.251. The van der Waals surface area contributed by atoms with Gasteiger partial charge in [-0.25, -0.2) is 4.98 Å². The van der Waals surface area contributed by atoms with Crippen molar-refractivity contribution in [2.45, 2.75) is 25.9 Å². The van der Waals surface area contributed by atoms with Gasteiger partial charge in [-0.2, -0.15) is 0 Å². The minimum absolute atomic E-state index is 0.251. The van der Waals surface area contributed by atoms with Crippen LogP contribution in [0.15, 0.2) is 35.6 Å². The molecule has 1 aliphatic rings. The average Bonchev–Trinajstić information content (AvgIpc) is 3.21. The van der Waals surface area contributed by atoms with E-state index in [-0.39, 0.29) is 5.91 Å². The molecule has 1 aliphatic heterocycles. The normalized spacial score (nSPS) is 16.1. The summed E-state index contributed by atoms with van der Waals surface area (Å²) in [4.78, 5) is 20.5. The lowest BCUT2D eigenvalue weighted by Gasteiger charge is -2.34. The molecule has 1 amide bonds. The minimum Gasteiger partial charge on any atom is -0.364 e. The van der Waals surface area contributed by atoms with Gasteiger partial charge < -0.3 is 14.0 Å². The second-order valence-corrected chi connectivity index (χ2v) is 5.55. The van der Waals surface area contributed by atoms with E-state index in [1.165, 1.54) is 0 Å². The second-order valence-electron chi connectivity index (χ2n) is 5.55. The fraction of sp³-hybridized carbons (Fsp3) is 0.533. The van der Waals surface area contributed by atoms with E-state index < -0.39 is 0 Å². The molecule has 0 atom stereocenters. The molecule has 118 valence electrons. The molecule has 2 aromatic rings. The van der Waals surface area contributed by atoms with E-state index in [2.05, 4.69) is 15.0 Å². The van der Waals surface area contributed by atoms with Gasteiger partial charge in [-0.3, -0.25) is 9.69 Å². The predicted octanol–water partition coefficient (Wildman–Crippen LogP) is 0.996. The molecule has 3 rings (SSSR count). The summed E-state index contributed by atoms with van der Waals surface area (Å²) in [7, 11) is 0. The summed E-state index contributed by atoms with van der Waals surface area (Å²) in [6, 6.07) is 1.88. The van der Waals surface area contributed by atoms with E-state index >= 15 is 0 Å². The first-order valence-corrected chi connectivity index (χ1v) is 7.66. The lowest BCUT2D eigenvalue weighted by molar-refractivity contribution is -0.133. The van der Waals surface area contributed by atoms with Crippen molar-refractivity contribution in [2.75, 3.05) is 26.2 Å². The maximum atomic E-state index is 12.2. The number of amides is 1. The SMILES string of the molecule is O=C(CCCn1ccnc1)N1CCN(Cc2ccon2)CC1. The molecule has 0 aromatic carbocycles. The van der Waals surface area contributed by atoms with Gasteiger partial charge in [0.25, 0.3) is 0 Å². The smallest absolute Gasteiger partial charge is 0.222 e. The zero-order valence-electron chi connectivity index (χ0n) is 12.6. The maximum absolute atomic E-state index is 12.2. The van der Waals surface area contributed by atoms with Crippen molar-refractivity contribution in [3.05, 3.63) is 36.7 Å². The van der Waals surface area contributed by atoms with E-state index in [9.17, 15) is 4.79 Å². The predicted molar refractivity (Wildman–Crippen MR) is 79.8 cm³/mol. The molecule has 2 aromatic heterocycles. The summed E-state index contributed by atoms with van der Waals surface area (Å²) in [5, 5.41) is 3.92. The van der Waals surface area contributed by atoms with Crippen molar-refractivity contribution in [1.29, 1.82) is 0 Å².